The number of halogens is 1. The quantitative estimate of drug-likeness (QED) is 0.771. The second-order valence-corrected chi connectivity index (χ2v) is 3.85. The maximum atomic E-state index is 11.4. The number of carboxylic acids is 1. The fourth-order valence-electron chi connectivity index (χ4n) is 1.77. The first-order chi connectivity index (χ1) is 8.08. The highest BCUT2D eigenvalue weighted by atomic mass is 35.5. The van der Waals surface area contributed by atoms with Gasteiger partial charge in [0, 0.05) is 17.0 Å². The highest BCUT2D eigenvalue weighted by molar-refractivity contribution is 5.85. The lowest BCUT2D eigenvalue weighted by Gasteiger charge is -2.09. The molecule has 2 aromatic rings. The van der Waals surface area contributed by atoms with Crippen molar-refractivity contribution >= 4 is 29.3 Å². The number of nitrogens with one attached hydrogen (secondary N) is 1. The Morgan fingerprint density at radius 2 is 2.06 bits per heavy atom. The van der Waals surface area contributed by atoms with Crippen molar-refractivity contribution in [3.63, 3.8) is 0 Å². The molecule has 0 aliphatic carbocycles. The van der Waals surface area contributed by atoms with E-state index in [4.69, 9.17) is 10.8 Å². The molecule has 2 rings (SSSR count). The monoisotopic (exact) mass is 268 g/mol. The van der Waals surface area contributed by atoms with Gasteiger partial charge in [-0.1, -0.05) is 18.2 Å². The standard InChI is InChI=1S/C12H12N2O3.ClH/c13-9(12(16)17)5-7-6-11(15)14-10-4-2-1-3-8(7)10;/h1-4,6,9H,5,13H2,(H,14,15)(H,16,17);1H/t9-;/m0./s1. The Hall–Kier alpha value is -1.85. The van der Waals surface area contributed by atoms with Crippen LogP contribution in [0.3, 0.4) is 0 Å². The third-order valence-corrected chi connectivity index (χ3v) is 2.59. The van der Waals surface area contributed by atoms with Gasteiger partial charge in [-0.05, 0) is 18.1 Å². The third-order valence-electron chi connectivity index (χ3n) is 2.59. The van der Waals surface area contributed by atoms with E-state index >= 15 is 0 Å². The highest BCUT2D eigenvalue weighted by Crippen LogP contribution is 2.15. The number of rotatable bonds is 3. The predicted molar refractivity (Wildman–Crippen MR) is 71.1 cm³/mol. The van der Waals surface area contributed by atoms with Crippen LogP contribution in [0.25, 0.3) is 10.9 Å². The van der Waals surface area contributed by atoms with Crippen molar-refractivity contribution in [2.75, 3.05) is 0 Å². The first kappa shape index (κ1) is 14.2. The molecule has 0 fully saturated rings. The van der Waals surface area contributed by atoms with E-state index in [9.17, 15) is 9.59 Å². The number of hydrogen-bond donors (Lipinski definition) is 3. The van der Waals surface area contributed by atoms with Gasteiger partial charge in [-0.15, -0.1) is 12.4 Å². The molecule has 0 radical (unpaired) electrons. The molecule has 1 aromatic carbocycles. The van der Waals surface area contributed by atoms with Crippen LogP contribution in [-0.4, -0.2) is 22.1 Å². The van der Waals surface area contributed by atoms with E-state index in [-0.39, 0.29) is 24.4 Å². The summed E-state index contributed by atoms with van der Waals surface area (Å²) in [5.41, 5.74) is 6.56. The zero-order valence-corrected chi connectivity index (χ0v) is 10.2. The maximum absolute atomic E-state index is 11.4. The number of aromatic amines is 1. The van der Waals surface area contributed by atoms with Crippen LogP contribution in [0.15, 0.2) is 35.1 Å². The molecule has 1 atom stereocenters. The Morgan fingerprint density at radius 1 is 1.39 bits per heavy atom. The molecule has 96 valence electrons. The van der Waals surface area contributed by atoms with Crippen molar-refractivity contribution in [3.8, 4) is 0 Å². The largest absolute Gasteiger partial charge is 0.480 e. The number of H-pyrrole nitrogens is 1. The second kappa shape index (κ2) is 5.66. The lowest BCUT2D eigenvalue weighted by atomic mass is 10.0. The van der Waals surface area contributed by atoms with Crippen LogP contribution in [0, 0.1) is 0 Å². The zero-order valence-electron chi connectivity index (χ0n) is 9.42. The lowest BCUT2D eigenvalue weighted by Crippen LogP contribution is -2.32. The molecule has 18 heavy (non-hydrogen) atoms. The minimum Gasteiger partial charge on any atom is -0.480 e. The van der Waals surface area contributed by atoms with Gasteiger partial charge in [0.2, 0.25) is 5.56 Å². The van der Waals surface area contributed by atoms with Gasteiger partial charge in [0.25, 0.3) is 0 Å². The summed E-state index contributed by atoms with van der Waals surface area (Å²) in [6.07, 6.45) is 0.139. The van der Waals surface area contributed by atoms with Crippen molar-refractivity contribution < 1.29 is 9.90 Å². The number of nitrogens with two attached hydrogens (primary N) is 1. The predicted octanol–water partition coefficient (Wildman–Crippen LogP) is 0.904. The van der Waals surface area contributed by atoms with E-state index < -0.39 is 12.0 Å². The van der Waals surface area contributed by atoms with E-state index in [1.807, 2.05) is 12.1 Å². The van der Waals surface area contributed by atoms with Gasteiger partial charge >= 0.3 is 5.97 Å². The van der Waals surface area contributed by atoms with Gasteiger partial charge < -0.3 is 15.8 Å². The molecule has 4 N–H and O–H groups in total. The average molecular weight is 269 g/mol. The van der Waals surface area contributed by atoms with Crippen molar-refractivity contribution in [3.05, 3.63) is 46.2 Å². The van der Waals surface area contributed by atoms with Gasteiger partial charge in [-0.25, -0.2) is 0 Å². The lowest BCUT2D eigenvalue weighted by molar-refractivity contribution is -0.138. The molecule has 0 saturated carbocycles. The van der Waals surface area contributed by atoms with E-state index in [1.54, 1.807) is 12.1 Å². The molecule has 5 nitrogen and oxygen atoms in total. The molecule has 6 heteroatoms. The van der Waals surface area contributed by atoms with Crippen LogP contribution in [-0.2, 0) is 11.2 Å². The number of aliphatic carboxylic acids is 1. The number of benzene rings is 1. The minimum atomic E-state index is -1.07. The molecular weight excluding hydrogens is 256 g/mol. The van der Waals surface area contributed by atoms with Crippen molar-refractivity contribution in [2.24, 2.45) is 5.73 Å². The Labute approximate surface area is 109 Å². The number of fused-ring (bicyclic) bond motifs is 1. The molecule has 0 aliphatic heterocycles. The van der Waals surface area contributed by atoms with Crippen molar-refractivity contribution in [2.45, 2.75) is 12.5 Å². The Bertz CT molecular complexity index is 624. The summed E-state index contributed by atoms with van der Waals surface area (Å²) < 4.78 is 0. The summed E-state index contributed by atoms with van der Waals surface area (Å²) >= 11 is 0. The number of pyridine rings is 1. The van der Waals surface area contributed by atoms with Crippen LogP contribution in [0.5, 0.6) is 0 Å². The summed E-state index contributed by atoms with van der Waals surface area (Å²) in [5.74, 6) is -1.07. The SMILES string of the molecule is Cl.N[C@@H](Cc1cc(=O)[nH]c2ccccc12)C(=O)O. The van der Waals surface area contributed by atoms with Gasteiger partial charge in [0.15, 0.2) is 0 Å². The van der Waals surface area contributed by atoms with Gasteiger partial charge in [0.1, 0.15) is 6.04 Å². The van der Waals surface area contributed by atoms with Gasteiger partial charge in [-0.2, -0.15) is 0 Å². The Kier molecular flexibility index (Phi) is 4.47. The van der Waals surface area contributed by atoms with Gasteiger partial charge in [0.05, 0.1) is 0 Å². The Morgan fingerprint density at radius 3 is 2.72 bits per heavy atom. The Balaban J connectivity index is 0.00000162. The molecule has 0 unspecified atom stereocenters. The summed E-state index contributed by atoms with van der Waals surface area (Å²) in [4.78, 5) is 24.8. The van der Waals surface area contributed by atoms with Gasteiger partial charge in [-0.3, -0.25) is 9.59 Å². The molecular formula is C12H13ClN2O3. The number of carboxylic acid groups (broad SMARTS) is 1. The number of carbonyl (C=O) groups is 1. The third kappa shape index (κ3) is 2.88. The van der Waals surface area contributed by atoms with E-state index in [1.165, 1.54) is 6.07 Å². The first-order valence-electron chi connectivity index (χ1n) is 5.17. The summed E-state index contributed by atoms with van der Waals surface area (Å²) in [6.45, 7) is 0. The molecule has 0 bridgehead atoms. The van der Waals surface area contributed by atoms with E-state index in [2.05, 4.69) is 4.98 Å². The number of hydrogen-bond acceptors (Lipinski definition) is 3. The number of aromatic nitrogens is 1. The topological polar surface area (TPSA) is 96.2 Å². The smallest absolute Gasteiger partial charge is 0.320 e. The normalized spacial score (nSPS) is 11.8. The van der Waals surface area contributed by atoms with E-state index in [0.29, 0.717) is 11.1 Å². The highest BCUT2D eigenvalue weighted by Gasteiger charge is 2.14. The fourth-order valence-corrected chi connectivity index (χ4v) is 1.77. The molecule has 1 heterocycles. The van der Waals surface area contributed by atoms with Crippen LogP contribution in [0.2, 0.25) is 0 Å². The second-order valence-electron chi connectivity index (χ2n) is 3.85. The van der Waals surface area contributed by atoms with Crippen molar-refractivity contribution in [1.29, 1.82) is 0 Å². The van der Waals surface area contributed by atoms with Crippen LogP contribution in [0.1, 0.15) is 5.56 Å². The summed E-state index contributed by atoms with van der Waals surface area (Å²) in [6, 6.07) is 7.63. The van der Waals surface area contributed by atoms with Crippen LogP contribution < -0.4 is 11.3 Å². The molecule has 0 saturated heterocycles. The zero-order chi connectivity index (χ0) is 12.4. The minimum absolute atomic E-state index is 0. The van der Waals surface area contributed by atoms with Crippen molar-refractivity contribution in [1.82, 2.24) is 4.98 Å². The average Bonchev–Trinajstić information content (AvgIpc) is 2.28. The molecule has 1 aromatic heterocycles. The number of para-hydroxylation sites is 1. The van der Waals surface area contributed by atoms with Crippen LogP contribution >= 0.6 is 12.4 Å². The maximum Gasteiger partial charge on any atom is 0.320 e. The first-order valence-corrected chi connectivity index (χ1v) is 5.17. The molecule has 0 amide bonds. The molecule has 0 aliphatic rings. The fraction of sp³-hybridized carbons (Fsp3) is 0.167. The molecule has 0 spiro atoms. The summed E-state index contributed by atoms with van der Waals surface area (Å²) in [7, 11) is 0. The van der Waals surface area contributed by atoms with Crippen LogP contribution in [0.4, 0.5) is 0 Å². The van der Waals surface area contributed by atoms with E-state index in [0.717, 1.165) is 5.39 Å². The summed E-state index contributed by atoms with van der Waals surface area (Å²) in [5, 5.41) is 9.60.